The Morgan fingerprint density at radius 2 is 1.90 bits per heavy atom. The summed E-state index contributed by atoms with van der Waals surface area (Å²) in [5.74, 6) is -0.884. The second-order valence-electron chi connectivity index (χ2n) is 6.08. The number of aliphatic carboxylic acids is 1. The summed E-state index contributed by atoms with van der Waals surface area (Å²) in [4.78, 5) is 22.7. The van der Waals surface area contributed by atoms with Crippen LogP contribution in [0, 0.1) is 12.3 Å². The lowest BCUT2D eigenvalue weighted by Crippen LogP contribution is -2.28. The van der Waals surface area contributed by atoms with E-state index in [1.807, 2.05) is 32.9 Å². The van der Waals surface area contributed by atoms with Crippen molar-refractivity contribution in [2.45, 2.75) is 40.0 Å². The summed E-state index contributed by atoms with van der Waals surface area (Å²) in [5.41, 5.74) is 1.56. The molecule has 0 unspecified atom stereocenters. The van der Waals surface area contributed by atoms with Gasteiger partial charge in [-0.3, -0.25) is 9.59 Å². The van der Waals surface area contributed by atoms with Crippen LogP contribution in [0.5, 0.6) is 0 Å². The van der Waals surface area contributed by atoms with E-state index < -0.39 is 5.97 Å². The second kappa shape index (κ2) is 7.59. The molecule has 0 aromatic heterocycles. The summed E-state index contributed by atoms with van der Waals surface area (Å²) < 4.78 is 0.884. The molecule has 1 aromatic rings. The molecular weight excluding hydrogens is 334 g/mol. The first-order valence-corrected chi connectivity index (χ1v) is 7.76. The molecule has 0 heterocycles. The quantitative estimate of drug-likeness (QED) is 0.782. The molecule has 1 amide bonds. The van der Waals surface area contributed by atoms with E-state index in [4.69, 9.17) is 5.11 Å². The van der Waals surface area contributed by atoms with Gasteiger partial charge in [0, 0.05) is 23.0 Å². The van der Waals surface area contributed by atoms with Crippen LogP contribution in [0.2, 0.25) is 0 Å². The van der Waals surface area contributed by atoms with E-state index in [2.05, 4.69) is 21.2 Å². The second-order valence-corrected chi connectivity index (χ2v) is 7.00. The van der Waals surface area contributed by atoms with E-state index in [0.717, 1.165) is 16.5 Å². The lowest BCUT2D eigenvalue weighted by atomic mass is 9.84. The highest BCUT2D eigenvalue weighted by molar-refractivity contribution is 9.10. The number of nitrogens with one attached hydrogen (secondary N) is 1. The summed E-state index contributed by atoms with van der Waals surface area (Å²) in [5, 5.41) is 11.6. The van der Waals surface area contributed by atoms with Crippen LogP contribution in [0.1, 0.15) is 49.0 Å². The summed E-state index contributed by atoms with van der Waals surface area (Å²) >= 11 is 3.38. The van der Waals surface area contributed by atoms with Crippen LogP contribution >= 0.6 is 15.9 Å². The zero-order valence-corrected chi connectivity index (χ0v) is 14.3. The standard InChI is InChI=1S/C16H22BrNO3/c1-11-8-12(10-13(17)9-11)15(21)18-7-6-16(2,3)5-4-14(19)20/h8-10H,4-7H2,1-3H3,(H,18,21)(H,19,20). The molecule has 0 fully saturated rings. The Kier molecular flexibility index (Phi) is 6.40. The van der Waals surface area contributed by atoms with Gasteiger partial charge in [-0.25, -0.2) is 0 Å². The third-order valence-corrected chi connectivity index (χ3v) is 3.87. The van der Waals surface area contributed by atoms with Gasteiger partial charge in [-0.2, -0.15) is 0 Å². The third-order valence-electron chi connectivity index (χ3n) is 3.41. The zero-order valence-electron chi connectivity index (χ0n) is 12.7. The Hall–Kier alpha value is -1.36. The maximum absolute atomic E-state index is 12.1. The first-order valence-electron chi connectivity index (χ1n) is 6.97. The van der Waals surface area contributed by atoms with Crippen LogP contribution in [0.15, 0.2) is 22.7 Å². The number of hydrogen-bond acceptors (Lipinski definition) is 2. The molecule has 0 aliphatic rings. The van der Waals surface area contributed by atoms with Crippen molar-refractivity contribution in [2.75, 3.05) is 6.54 Å². The maximum atomic E-state index is 12.1. The van der Waals surface area contributed by atoms with Crippen LogP contribution in [-0.4, -0.2) is 23.5 Å². The predicted molar refractivity (Wildman–Crippen MR) is 86.5 cm³/mol. The zero-order chi connectivity index (χ0) is 16.0. The molecule has 0 spiro atoms. The SMILES string of the molecule is Cc1cc(Br)cc(C(=O)NCCC(C)(C)CCC(=O)O)c1. The molecule has 116 valence electrons. The van der Waals surface area contributed by atoms with Crippen molar-refractivity contribution in [1.82, 2.24) is 5.32 Å². The monoisotopic (exact) mass is 355 g/mol. The van der Waals surface area contributed by atoms with Crippen LogP contribution in [-0.2, 0) is 4.79 Å². The maximum Gasteiger partial charge on any atom is 0.303 e. The van der Waals surface area contributed by atoms with Crippen LogP contribution in [0.3, 0.4) is 0 Å². The number of carbonyl (C=O) groups is 2. The van der Waals surface area contributed by atoms with Crippen molar-refractivity contribution < 1.29 is 14.7 Å². The number of carboxylic acids is 1. The van der Waals surface area contributed by atoms with Gasteiger partial charge in [-0.05, 0) is 48.9 Å². The van der Waals surface area contributed by atoms with Crippen LogP contribution < -0.4 is 5.32 Å². The smallest absolute Gasteiger partial charge is 0.303 e. The van der Waals surface area contributed by atoms with Gasteiger partial charge in [0.15, 0.2) is 0 Å². The number of rotatable bonds is 7. The molecule has 21 heavy (non-hydrogen) atoms. The highest BCUT2D eigenvalue weighted by atomic mass is 79.9. The van der Waals surface area contributed by atoms with Gasteiger partial charge in [0.1, 0.15) is 0 Å². The van der Waals surface area contributed by atoms with E-state index in [-0.39, 0.29) is 17.7 Å². The number of hydrogen-bond donors (Lipinski definition) is 2. The lowest BCUT2D eigenvalue weighted by molar-refractivity contribution is -0.137. The molecule has 0 saturated heterocycles. The number of carbonyl (C=O) groups excluding carboxylic acids is 1. The summed E-state index contributed by atoms with van der Waals surface area (Å²) in [6, 6.07) is 5.58. The number of benzene rings is 1. The van der Waals surface area contributed by atoms with Gasteiger partial charge in [0.2, 0.25) is 0 Å². The van der Waals surface area contributed by atoms with Crippen LogP contribution in [0.25, 0.3) is 0 Å². The van der Waals surface area contributed by atoms with E-state index in [1.165, 1.54) is 0 Å². The average Bonchev–Trinajstić information content (AvgIpc) is 2.35. The predicted octanol–water partition coefficient (Wildman–Crippen LogP) is 3.77. The van der Waals surface area contributed by atoms with Crippen LogP contribution in [0.4, 0.5) is 0 Å². The fourth-order valence-corrected chi connectivity index (χ4v) is 2.66. The van der Waals surface area contributed by atoms with Crippen molar-refractivity contribution in [1.29, 1.82) is 0 Å². The lowest BCUT2D eigenvalue weighted by Gasteiger charge is -2.23. The van der Waals surface area contributed by atoms with E-state index in [0.29, 0.717) is 18.5 Å². The Morgan fingerprint density at radius 1 is 1.24 bits per heavy atom. The molecule has 0 radical (unpaired) electrons. The van der Waals surface area contributed by atoms with Gasteiger partial charge >= 0.3 is 5.97 Å². The van der Waals surface area contributed by atoms with Gasteiger partial charge in [0.05, 0.1) is 0 Å². The molecular formula is C16H22BrNO3. The largest absolute Gasteiger partial charge is 0.481 e. The Balaban J connectivity index is 2.47. The van der Waals surface area contributed by atoms with Gasteiger partial charge in [-0.15, -0.1) is 0 Å². The summed E-state index contributed by atoms with van der Waals surface area (Å²) in [6.07, 6.45) is 1.51. The minimum absolute atomic E-state index is 0.0984. The van der Waals surface area contributed by atoms with Crippen molar-refractivity contribution in [3.05, 3.63) is 33.8 Å². The molecule has 2 N–H and O–H groups in total. The van der Waals surface area contributed by atoms with E-state index in [9.17, 15) is 9.59 Å². The Labute approximate surface area is 134 Å². The van der Waals surface area contributed by atoms with Gasteiger partial charge < -0.3 is 10.4 Å². The molecule has 5 heteroatoms. The fraction of sp³-hybridized carbons (Fsp3) is 0.500. The fourth-order valence-electron chi connectivity index (χ4n) is 2.05. The Bertz CT molecular complexity index is 506. The van der Waals surface area contributed by atoms with E-state index in [1.54, 1.807) is 6.07 Å². The van der Waals surface area contributed by atoms with Crippen molar-refractivity contribution in [3.8, 4) is 0 Å². The summed E-state index contributed by atoms with van der Waals surface area (Å²) in [7, 11) is 0. The number of aryl methyl sites for hydroxylation is 1. The molecule has 0 atom stereocenters. The summed E-state index contributed by atoms with van der Waals surface area (Å²) in [6.45, 7) is 6.52. The molecule has 0 aliphatic carbocycles. The molecule has 0 aliphatic heterocycles. The number of halogens is 1. The first-order chi connectivity index (χ1) is 9.69. The normalized spacial score (nSPS) is 11.2. The average molecular weight is 356 g/mol. The Morgan fingerprint density at radius 3 is 2.48 bits per heavy atom. The minimum atomic E-state index is -0.781. The topological polar surface area (TPSA) is 66.4 Å². The molecule has 4 nitrogen and oxygen atoms in total. The molecule has 0 bridgehead atoms. The first kappa shape index (κ1) is 17.7. The van der Waals surface area contributed by atoms with Crippen molar-refractivity contribution in [2.24, 2.45) is 5.41 Å². The van der Waals surface area contributed by atoms with E-state index >= 15 is 0 Å². The number of amides is 1. The molecule has 1 rings (SSSR count). The minimum Gasteiger partial charge on any atom is -0.481 e. The van der Waals surface area contributed by atoms with Crippen molar-refractivity contribution >= 4 is 27.8 Å². The van der Waals surface area contributed by atoms with Crippen molar-refractivity contribution in [3.63, 3.8) is 0 Å². The highest BCUT2D eigenvalue weighted by Crippen LogP contribution is 2.26. The molecule has 1 aromatic carbocycles. The molecule has 0 saturated carbocycles. The van der Waals surface area contributed by atoms with Gasteiger partial charge in [-0.1, -0.05) is 29.8 Å². The van der Waals surface area contributed by atoms with Gasteiger partial charge in [0.25, 0.3) is 5.91 Å². The highest BCUT2D eigenvalue weighted by Gasteiger charge is 2.19. The number of carboxylic acid groups (broad SMARTS) is 1. The third kappa shape index (κ3) is 6.76.